The van der Waals surface area contributed by atoms with Crippen LogP contribution in [0.2, 0.25) is 0 Å². The Balaban J connectivity index is 0.000000982. The number of esters is 1. The predicted octanol–water partition coefficient (Wildman–Crippen LogP) is 4.06. The van der Waals surface area contributed by atoms with Crippen LogP contribution in [-0.2, 0) is 14.3 Å². The molecule has 1 aliphatic rings. The number of carbonyl (C=O) groups excluding carboxylic acids is 2. The Bertz CT molecular complexity index is 312. The topological polar surface area (TPSA) is 43.4 Å². The fourth-order valence-electron chi connectivity index (χ4n) is 2.10. The van der Waals surface area contributed by atoms with E-state index in [1.54, 1.807) is 6.92 Å². The SMILES string of the molecule is C=C(C)C(=O)OCCC(=O)C1(C)CCCC1.CCC. The number of hydrogen-bond acceptors (Lipinski definition) is 3. The first-order valence-electron chi connectivity index (χ1n) is 7.23. The number of hydrogen-bond donors (Lipinski definition) is 0. The second-order valence-corrected chi connectivity index (χ2v) is 5.56. The lowest BCUT2D eigenvalue weighted by molar-refractivity contribution is -0.140. The summed E-state index contributed by atoms with van der Waals surface area (Å²) in [4.78, 5) is 23.0. The molecule has 1 saturated carbocycles. The van der Waals surface area contributed by atoms with Crippen molar-refractivity contribution in [3.63, 3.8) is 0 Å². The highest BCUT2D eigenvalue weighted by atomic mass is 16.5. The molecule has 1 aliphatic carbocycles. The van der Waals surface area contributed by atoms with Gasteiger partial charge in [0, 0.05) is 17.4 Å². The summed E-state index contributed by atoms with van der Waals surface area (Å²) in [6, 6.07) is 0. The molecule has 0 unspecified atom stereocenters. The molecule has 0 aliphatic heterocycles. The van der Waals surface area contributed by atoms with Gasteiger partial charge in [-0.15, -0.1) is 0 Å². The second-order valence-electron chi connectivity index (χ2n) is 5.56. The van der Waals surface area contributed by atoms with E-state index < -0.39 is 5.97 Å². The average Bonchev–Trinajstić information content (AvgIpc) is 2.78. The van der Waals surface area contributed by atoms with Gasteiger partial charge in [0.05, 0.1) is 6.61 Å². The summed E-state index contributed by atoms with van der Waals surface area (Å²) in [5, 5.41) is 0. The summed E-state index contributed by atoms with van der Waals surface area (Å²) in [6.45, 7) is 11.5. The number of ether oxygens (including phenoxy) is 1. The van der Waals surface area contributed by atoms with E-state index in [-0.39, 0.29) is 17.8 Å². The largest absolute Gasteiger partial charge is 0.462 e. The molecule has 0 heterocycles. The van der Waals surface area contributed by atoms with Crippen molar-refractivity contribution in [3.05, 3.63) is 12.2 Å². The molecule has 0 atom stereocenters. The molecular weight excluding hydrogens is 240 g/mol. The molecule has 0 amide bonds. The Morgan fingerprint density at radius 3 is 2.11 bits per heavy atom. The maximum atomic E-state index is 11.9. The monoisotopic (exact) mass is 268 g/mol. The van der Waals surface area contributed by atoms with Gasteiger partial charge in [-0.05, 0) is 19.8 Å². The van der Waals surface area contributed by atoms with Gasteiger partial charge in [-0.3, -0.25) is 4.79 Å². The van der Waals surface area contributed by atoms with Gasteiger partial charge in [0.15, 0.2) is 0 Å². The first-order chi connectivity index (χ1) is 8.87. The van der Waals surface area contributed by atoms with Crippen molar-refractivity contribution >= 4 is 11.8 Å². The highest BCUT2D eigenvalue weighted by Crippen LogP contribution is 2.38. The van der Waals surface area contributed by atoms with Crippen LogP contribution in [0.25, 0.3) is 0 Å². The minimum absolute atomic E-state index is 0.171. The van der Waals surface area contributed by atoms with Crippen LogP contribution in [0.4, 0.5) is 0 Å². The highest BCUT2D eigenvalue weighted by molar-refractivity contribution is 5.88. The van der Waals surface area contributed by atoms with E-state index in [0.717, 1.165) is 25.7 Å². The summed E-state index contributed by atoms with van der Waals surface area (Å²) < 4.78 is 4.92. The quantitative estimate of drug-likeness (QED) is 0.558. The number of carbonyl (C=O) groups is 2. The first-order valence-corrected chi connectivity index (χ1v) is 7.23. The normalized spacial score (nSPS) is 16.2. The summed E-state index contributed by atoms with van der Waals surface area (Å²) in [5.41, 5.74) is 0.204. The molecule has 0 radical (unpaired) electrons. The van der Waals surface area contributed by atoms with E-state index in [1.807, 2.05) is 6.92 Å². The van der Waals surface area contributed by atoms with E-state index in [2.05, 4.69) is 20.4 Å². The lowest BCUT2D eigenvalue weighted by Gasteiger charge is -2.21. The standard InChI is InChI=1S/C13H20O3.C3H8/c1-10(2)12(15)16-9-6-11(14)13(3)7-4-5-8-13;1-3-2/h1,4-9H2,2-3H3;3H2,1-2H3. The van der Waals surface area contributed by atoms with Crippen molar-refractivity contribution in [3.8, 4) is 0 Å². The Kier molecular flexibility index (Phi) is 8.37. The van der Waals surface area contributed by atoms with E-state index in [4.69, 9.17) is 4.74 Å². The van der Waals surface area contributed by atoms with Gasteiger partial charge in [0.25, 0.3) is 0 Å². The van der Waals surface area contributed by atoms with Crippen LogP contribution >= 0.6 is 0 Å². The molecule has 1 fully saturated rings. The molecular formula is C16H28O3. The zero-order chi connectivity index (χ0) is 14.9. The molecule has 0 aromatic rings. The van der Waals surface area contributed by atoms with Crippen LogP contribution in [0.3, 0.4) is 0 Å². The third kappa shape index (κ3) is 6.55. The predicted molar refractivity (Wildman–Crippen MR) is 77.9 cm³/mol. The van der Waals surface area contributed by atoms with Gasteiger partial charge in [-0.25, -0.2) is 4.79 Å². The van der Waals surface area contributed by atoms with E-state index >= 15 is 0 Å². The van der Waals surface area contributed by atoms with Crippen molar-refractivity contribution in [1.29, 1.82) is 0 Å². The molecule has 3 heteroatoms. The van der Waals surface area contributed by atoms with Gasteiger partial charge >= 0.3 is 5.97 Å². The Labute approximate surface area is 117 Å². The smallest absolute Gasteiger partial charge is 0.333 e. The van der Waals surface area contributed by atoms with Crippen molar-refractivity contribution < 1.29 is 14.3 Å². The molecule has 19 heavy (non-hydrogen) atoms. The third-order valence-electron chi connectivity index (χ3n) is 3.29. The van der Waals surface area contributed by atoms with Gasteiger partial charge < -0.3 is 4.74 Å². The van der Waals surface area contributed by atoms with Gasteiger partial charge in [-0.1, -0.05) is 46.6 Å². The lowest BCUT2D eigenvalue weighted by Crippen LogP contribution is -2.25. The van der Waals surface area contributed by atoms with Crippen LogP contribution in [0.15, 0.2) is 12.2 Å². The average molecular weight is 268 g/mol. The Morgan fingerprint density at radius 1 is 1.21 bits per heavy atom. The molecule has 3 nitrogen and oxygen atoms in total. The highest BCUT2D eigenvalue weighted by Gasteiger charge is 2.35. The maximum absolute atomic E-state index is 11.9. The molecule has 0 N–H and O–H groups in total. The van der Waals surface area contributed by atoms with Crippen LogP contribution < -0.4 is 0 Å². The van der Waals surface area contributed by atoms with Crippen LogP contribution in [0.1, 0.15) is 66.2 Å². The molecule has 0 bridgehead atoms. The molecule has 0 aromatic carbocycles. The van der Waals surface area contributed by atoms with Crippen LogP contribution in [-0.4, -0.2) is 18.4 Å². The summed E-state index contributed by atoms with van der Waals surface area (Å²) in [7, 11) is 0. The van der Waals surface area contributed by atoms with Gasteiger partial charge in [-0.2, -0.15) is 0 Å². The number of ketones is 1. The van der Waals surface area contributed by atoms with E-state index in [1.165, 1.54) is 6.42 Å². The van der Waals surface area contributed by atoms with Crippen LogP contribution in [0, 0.1) is 5.41 Å². The lowest BCUT2D eigenvalue weighted by atomic mass is 9.83. The van der Waals surface area contributed by atoms with E-state index in [9.17, 15) is 9.59 Å². The van der Waals surface area contributed by atoms with Crippen molar-refractivity contribution in [2.45, 2.75) is 66.2 Å². The van der Waals surface area contributed by atoms with Crippen LogP contribution in [0.5, 0.6) is 0 Å². The second kappa shape index (κ2) is 8.89. The zero-order valence-corrected chi connectivity index (χ0v) is 12.9. The summed E-state index contributed by atoms with van der Waals surface area (Å²) >= 11 is 0. The molecule has 1 rings (SSSR count). The maximum Gasteiger partial charge on any atom is 0.333 e. The first kappa shape index (κ1) is 17.9. The minimum Gasteiger partial charge on any atom is -0.462 e. The van der Waals surface area contributed by atoms with Crippen molar-refractivity contribution in [2.24, 2.45) is 5.41 Å². The Morgan fingerprint density at radius 2 is 1.68 bits per heavy atom. The summed E-state index contributed by atoms with van der Waals surface area (Å²) in [5.74, 6) is -0.191. The molecule has 0 saturated heterocycles. The van der Waals surface area contributed by atoms with Gasteiger partial charge in [0.1, 0.15) is 5.78 Å². The van der Waals surface area contributed by atoms with Crippen molar-refractivity contribution in [2.75, 3.05) is 6.61 Å². The number of rotatable bonds is 5. The molecule has 0 spiro atoms. The summed E-state index contributed by atoms with van der Waals surface area (Å²) in [6.07, 6.45) is 5.79. The zero-order valence-electron chi connectivity index (χ0n) is 12.9. The van der Waals surface area contributed by atoms with E-state index in [0.29, 0.717) is 12.0 Å². The molecule has 110 valence electrons. The molecule has 0 aromatic heterocycles. The minimum atomic E-state index is -0.413. The number of Topliss-reactive ketones (excluding diaryl/α,β-unsaturated/α-hetero) is 1. The fraction of sp³-hybridized carbons (Fsp3) is 0.750. The fourth-order valence-corrected chi connectivity index (χ4v) is 2.10. The van der Waals surface area contributed by atoms with Gasteiger partial charge in [0.2, 0.25) is 0 Å². The Hall–Kier alpha value is -1.12. The third-order valence-corrected chi connectivity index (χ3v) is 3.29. The van der Waals surface area contributed by atoms with Crippen molar-refractivity contribution in [1.82, 2.24) is 0 Å².